The van der Waals surface area contributed by atoms with Crippen LogP contribution in [0.25, 0.3) is 10.9 Å². The van der Waals surface area contributed by atoms with Gasteiger partial charge in [0.05, 0.1) is 6.42 Å². The molecule has 0 aliphatic carbocycles. The van der Waals surface area contributed by atoms with E-state index in [1.165, 1.54) is 24.3 Å². The van der Waals surface area contributed by atoms with Gasteiger partial charge in [-0.1, -0.05) is 35.9 Å². The van der Waals surface area contributed by atoms with Crippen molar-refractivity contribution in [2.75, 3.05) is 6.54 Å². The molecule has 3 aromatic carbocycles. The van der Waals surface area contributed by atoms with Gasteiger partial charge >= 0.3 is 0 Å². The molecule has 1 heterocycles. The van der Waals surface area contributed by atoms with Crippen LogP contribution in [-0.2, 0) is 11.2 Å². The third-order valence-corrected chi connectivity index (χ3v) is 5.85. The monoisotopic (exact) mass is 452 g/mol. The molecule has 0 atom stereocenters. The number of rotatable bonds is 8. The number of carbonyl (C=O) groups is 1. The van der Waals surface area contributed by atoms with Gasteiger partial charge in [-0.15, -0.1) is 0 Å². The molecule has 164 valence electrons. The van der Waals surface area contributed by atoms with E-state index in [-0.39, 0.29) is 29.9 Å². The van der Waals surface area contributed by atoms with E-state index in [1.54, 1.807) is 24.3 Å². The van der Waals surface area contributed by atoms with Crippen LogP contribution >= 0.6 is 11.6 Å². The summed E-state index contributed by atoms with van der Waals surface area (Å²) in [6.07, 6.45) is 3.56. The summed E-state index contributed by atoms with van der Waals surface area (Å²) in [5.74, 6) is -0.662. The summed E-state index contributed by atoms with van der Waals surface area (Å²) in [5.41, 5.74) is 3.76. The fourth-order valence-electron chi connectivity index (χ4n) is 3.98. The first kappa shape index (κ1) is 22.0. The normalized spacial score (nSPS) is 11.2. The Kier molecular flexibility index (Phi) is 6.86. The lowest BCUT2D eigenvalue weighted by Crippen LogP contribution is -2.26. The minimum absolute atomic E-state index is 0.0103. The minimum atomic E-state index is -0.294. The average molecular weight is 453 g/mol. The first-order chi connectivity index (χ1) is 15.5. The van der Waals surface area contributed by atoms with Gasteiger partial charge < -0.3 is 10.3 Å². The number of fused-ring (bicyclic) bond motifs is 1. The van der Waals surface area contributed by atoms with Gasteiger partial charge in [0, 0.05) is 34.6 Å². The summed E-state index contributed by atoms with van der Waals surface area (Å²) < 4.78 is 26.7. The predicted octanol–water partition coefficient (Wildman–Crippen LogP) is 6.37. The summed E-state index contributed by atoms with van der Waals surface area (Å²) in [4.78, 5) is 15.6. The fourth-order valence-corrected chi connectivity index (χ4v) is 4.15. The molecule has 0 bridgehead atoms. The van der Waals surface area contributed by atoms with Crippen molar-refractivity contribution in [3.63, 3.8) is 0 Å². The zero-order valence-electron chi connectivity index (χ0n) is 17.4. The van der Waals surface area contributed by atoms with E-state index in [0.29, 0.717) is 11.6 Å². The van der Waals surface area contributed by atoms with E-state index >= 15 is 0 Å². The summed E-state index contributed by atoms with van der Waals surface area (Å²) in [7, 11) is 0. The third-order valence-electron chi connectivity index (χ3n) is 5.62. The zero-order valence-corrected chi connectivity index (χ0v) is 18.1. The molecule has 2 N–H and O–H groups in total. The first-order valence-electron chi connectivity index (χ1n) is 10.5. The van der Waals surface area contributed by atoms with E-state index in [9.17, 15) is 13.6 Å². The topological polar surface area (TPSA) is 44.9 Å². The van der Waals surface area contributed by atoms with E-state index in [4.69, 9.17) is 11.6 Å². The van der Waals surface area contributed by atoms with Crippen LogP contribution in [0.3, 0.4) is 0 Å². The molecule has 6 heteroatoms. The second-order valence-corrected chi connectivity index (χ2v) is 8.26. The Balaban J connectivity index is 1.36. The van der Waals surface area contributed by atoms with Crippen LogP contribution in [0.4, 0.5) is 8.78 Å². The molecular formula is C26H23ClF2N2O. The number of carbonyl (C=O) groups excluding carboxylic acids is 1. The number of nitrogens with one attached hydrogen (secondary N) is 2. The van der Waals surface area contributed by atoms with Gasteiger partial charge in [-0.2, -0.15) is 0 Å². The van der Waals surface area contributed by atoms with Crippen LogP contribution in [0.5, 0.6) is 0 Å². The van der Waals surface area contributed by atoms with Gasteiger partial charge in [0.15, 0.2) is 0 Å². The number of amides is 1. The molecule has 0 saturated heterocycles. The van der Waals surface area contributed by atoms with Crippen molar-refractivity contribution in [3.05, 3.63) is 106 Å². The van der Waals surface area contributed by atoms with Crippen LogP contribution < -0.4 is 5.32 Å². The Hall–Kier alpha value is -3.18. The highest BCUT2D eigenvalue weighted by Gasteiger charge is 2.15. The van der Waals surface area contributed by atoms with Crippen molar-refractivity contribution in [2.45, 2.75) is 25.2 Å². The number of hydrogen-bond acceptors (Lipinski definition) is 1. The number of aromatic nitrogens is 1. The van der Waals surface area contributed by atoms with E-state index in [2.05, 4.69) is 10.3 Å². The quantitative estimate of drug-likeness (QED) is 0.300. The van der Waals surface area contributed by atoms with Crippen molar-refractivity contribution in [3.8, 4) is 0 Å². The number of hydrogen-bond donors (Lipinski definition) is 2. The number of aromatic amines is 1. The first-order valence-corrected chi connectivity index (χ1v) is 10.9. The van der Waals surface area contributed by atoms with Gasteiger partial charge in [-0.3, -0.25) is 4.79 Å². The lowest BCUT2D eigenvalue weighted by molar-refractivity contribution is -0.120. The number of benzene rings is 3. The van der Waals surface area contributed by atoms with Crippen molar-refractivity contribution >= 4 is 28.4 Å². The molecule has 1 aromatic heterocycles. The second-order valence-electron chi connectivity index (χ2n) is 7.83. The predicted molar refractivity (Wildman–Crippen MR) is 124 cm³/mol. The van der Waals surface area contributed by atoms with Gasteiger partial charge in [0.1, 0.15) is 11.6 Å². The molecule has 3 nitrogen and oxygen atoms in total. The molecule has 4 rings (SSSR count). The minimum Gasteiger partial charge on any atom is -0.361 e. The highest BCUT2D eigenvalue weighted by atomic mass is 35.5. The Morgan fingerprint density at radius 3 is 2.19 bits per heavy atom. The lowest BCUT2D eigenvalue weighted by atomic mass is 9.87. The van der Waals surface area contributed by atoms with Crippen LogP contribution in [-0.4, -0.2) is 17.4 Å². The van der Waals surface area contributed by atoms with Crippen LogP contribution in [0.15, 0.2) is 72.9 Å². The highest BCUT2D eigenvalue weighted by molar-refractivity contribution is 6.31. The van der Waals surface area contributed by atoms with E-state index in [0.717, 1.165) is 40.4 Å². The molecule has 0 radical (unpaired) electrons. The smallest absolute Gasteiger partial charge is 0.224 e. The van der Waals surface area contributed by atoms with E-state index < -0.39 is 0 Å². The van der Waals surface area contributed by atoms with Crippen molar-refractivity contribution in [1.29, 1.82) is 0 Å². The molecule has 0 aliphatic rings. The molecule has 32 heavy (non-hydrogen) atoms. The molecule has 0 unspecified atom stereocenters. The maximum atomic E-state index is 13.4. The third kappa shape index (κ3) is 5.35. The van der Waals surface area contributed by atoms with Gasteiger partial charge in [0.25, 0.3) is 0 Å². The molecule has 0 spiro atoms. The Morgan fingerprint density at radius 1 is 0.938 bits per heavy atom. The average Bonchev–Trinajstić information content (AvgIpc) is 3.17. The van der Waals surface area contributed by atoms with Crippen molar-refractivity contribution in [2.24, 2.45) is 0 Å². The largest absolute Gasteiger partial charge is 0.361 e. The van der Waals surface area contributed by atoms with Gasteiger partial charge in [0.2, 0.25) is 5.91 Å². The molecule has 4 aromatic rings. The Bertz CT molecular complexity index is 1160. The maximum Gasteiger partial charge on any atom is 0.224 e. The number of halogens is 3. The fraction of sp³-hybridized carbons (Fsp3) is 0.192. The van der Waals surface area contributed by atoms with Crippen LogP contribution in [0.2, 0.25) is 5.02 Å². The van der Waals surface area contributed by atoms with E-state index in [1.807, 2.05) is 24.4 Å². The molecule has 0 aliphatic heterocycles. The molecular weight excluding hydrogens is 430 g/mol. The highest BCUT2D eigenvalue weighted by Crippen LogP contribution is 2.29. The van der Waals surface area contributed by atoms with Crippen molar-refractivity contribution in [1.82, 2.24) is 10.3 Å². The number of H-pyrrole nitrogens is 1. The zero-order chi connectivity index (χ0) is 22.5. The summed E-state index contributed by atoms with van der Waals surface area (Å²) in [5, 5.41) is 4.55. The SMILES string of the molecule is O=C(Cc1c[nH]c2ccc(Cl)cc12)NCCCC(c1ccc(F)cc1)c1ccc(F)cc1. The molecule has 0 saturated carbocycles. The summed E-state index contributed by atoms with van der Waals surface area (Å²) in [6, 6.07) is 18.3. The van der Waals surface area contributed by atoms with Gasteiger partial charge in [-0.25, -0.2) is 8.78 Å². The van der Waals surface area contributed by atoms with Crippen LogP contribution in [0, 0.1) is 11.6 Å². The Labute approximate surface area is 190 Å². The standard InChI is InChI=1S/C26H23ClF2N2O/c27-20-7-12-25-24(15-20)19(16-31-25)14-26(32)30-13-1-2-23(17-3-8-21(28)9-4-17)18-5-10-22(29)11-6-18/h3-12,15-16,23,31H,1-2,13-14H2,(H,30,32). The second kappa shape index (κ2) is 9.96. The summed E-state index contributed by atoms with van der Waals surface area (Å²) >= 11 is 6.08. The molecule has 1 amide bonds. The maximum absolute atomic E-state index is 13.4. The summed E-state index contributed by atoms with van der Waals surface area (Å²) in [6.45, 7) is 0.515. The van der Waals surface area contributed by atoms with Gasteiger partial charge in [-0.05, 0) is 72.0 Å². The molecule has 0 fully saturated rings. The van der Waals surface area contributed by atoms with Crippen molar-refractivity contribution < 1.29 is 13.6 Å². The lowest BCUT2D eigenvalue weighted by Gasteiger charge is -2.18. The Morgan fingerprint density at radius 2 is 1.56 bits per heavy atom. The van der Waals surface area contributed by atoms with Crippen LogP contribution in [0.1, 0.15) is 35.4 Å².